The lowest BCUT2D eigenvalue weighted by Crippen LogP contribution is -2.08. The van der Waals surface area contributed by atoms with Crippen LogP contribution in [0.1, 0.15) is 19.4 Å². The summed E-state index contributed by atoms with van der Waals surface area (Å²) >= 11 is 0. The standard InChI is InChI=1S/C20H27N3OS/c1-4-23-19-12-8-7-11-18(19)22(3)20(23)25(24)14-15(2)13-16-9-5-6-10-17(16)21/h5-12,15,24H,4,13-14,21H2,1-3H3. The maximum atomic E-state index is 11.0. The molecule has 3 aromatic rings. The highest BCUT2D eigenvalue weighted by molar-refractivity contribution is 8.04. The number of nitrogens with two attached hydrogens (primary N) is 1. The van der Waals surface area contributed by atoms with Gasteiger partial charge >= 0.3 is 0 Å². The van der Waals surface area contributed by atoms with Gasteiger partial charge in [-0.2, -0.15) is 0 Å². The molecule has 1 aromatic heterocycles. The minimum Gasteiger partial charge on any atom is -0.399 e. The average Bonchev–Trinajstić information content (AvgIpc) is 2.89. The monoisotopic (exact) mass is 357 g/mol. The van der Waals surface area contributed by atoms with Crippen molar-refractivity contribution in [3.63, 3.8) is 0 Å². The van der Waals surface area contributed by atoms with Gasteiger partial charge in [0.2, 0.25) is 0 Å². The van der Waals surface area contributed by atoms with Gasteiger partial charge < -0.3 is 19.4 Å². The van der Waals surface area contributed by atoms with Crippen molar-refractivity contribution >= 4 is 27.5 Å². The molecule has 0 radical (unpaired) electrons. The third-order valence-electron chi connectivity index (χ3n) is 4.64. The van der Waals surface area contributed by atoms with Crippen LogP contribution < -0.4 is 5.73 Å². The van der Waals surface area contributed by atoms with Crippen LogP contribution in [0.4, 0.5) is 5.69 Å². The number of nitrogens with zero attached hydrogens (tertiary/aromatic N) is 2. The molecule has 0 aliphatic carbocycles. The Morgan fingerprint density at radius 1 is 1.08 bits per heavy atom. The van der Waals surface area contributed by atoms with Crippen molar-refractivity contribution in [2.24, 2.45) is 13.0 Å². The Morgan fingerprint density at radius 3 is 2.40 bits per heavy atom. The summed E-state index contributed by atoms with van der Waals surface area (Å²) in [5.41, 5.74) is 10.4. The molecule has 2 atom stereocenters. The lowest BCUT2D eigenvalue weighted by molar-refractivity contribution is 0.606. The van der Waals surface area contributed by atoms with Crippen LogP contribution >= 0.6 is 10.8 Å². The molecule has 3 rings (SSSR count). The summed E-state index contributed by atoms with van der Waals surface area (Å²) < 4.78 is 16.3. The van der Waals surface area contributed by atoms with Crippen molar-refractivity contribution in [1.29, 1.82) is 0 Å². The van der Waals surface area contributed by atoms with Crippen LogP contribution in [0.2, 0.25) is 0 Å². The number of imidazole rings is 1. The first-order chi connectivity index (χ1) is 12.0. The predicted octanol–water partition coefficient (Wildman–Crippen LogP) is 4.73. The Balaban J connectivity index is 1.96. The van der Waals surface area contributed by atoms with Gasteiger partial charge in [0.15, 0.2) is 4.77 Å². The highest BCUT2D eigenvalue weighted by atomic mass is 32.2. The minimum absolute atomic E-state index is 0.348. The molecule has 3 N–H and O–H groups in total. The van der Waals surface area contributed by atoms with Gasteiger partial charge in [-0.05, 0) is 53.8 Å². The van der Waals surface area contributed by atoms with Gasteiger partial charge in [-0.15, -0.1) is 0 Å². The van der Waals surface area contributed by atoms with Crippen LogP contribution in [0.3, 0.4) is 0 Å². The molecule has 5 heteroatoms. The van der Waals surface area contributed by atoms with Crippen molar-refractivity contribution in [2.45, 2.75) is 26.8 Å². The number of aryl methyl sites for hydroxylation is 2. The molecule has 0 saturated heterocycles. The molecule has 0 aliphatic heterocycles. The van der Waals surface area contributed by atoms with E-state index in [1.807, 2.05) is 31.3 Å². The Morgan fingerprint density at radius 2 is 1.72 bits per heavy atom. The molecular weight excluding hydrogens is 330 g/mol. The first kappa shape index (κ1) is 17.8. The number of nitrogen functional groups attached to an aromatic ring is 1. The van der Waals surface area contributed by atoms with E-state index in [0.717, 1.165) is 40.3 Å². The first-order valence-electron chi connectivity index (χ1n) is 8.73. The number of benzene rings is 2. The van der Waals surface area contributed by atoms with E-state index in [2.05, 4.69) is 47.2 Å². The zero-order valence-corrected chi connectivity index (χ0v) is 16.0. The SMILES string of the molecule is CCn1c(=S(O)CC(C)Cc2ccccc2N)n(C)c2ccccc21. The fourth-order valence-corrected chi connectivity index (χ4v) is 5.15. The normalized spacial score (nSPS) is 14.6. The minimum atomic E-state index is -0.814. The predicted molar refractivity (Wildman–Crippen MR) is 109 cm³/mol. The van der Waals surface area contributed by atoms with Crippen molar-refractivity contribution in [3.8, 4) is 0 Å². The molecule has 0 amide bonds. The summed E-state index contributed by atoms with van der Waals surface area (Å²) in [6, 6.07) is 16.3. The smallest absolute Gasteiger partial charge is 0.164 e. The van der Waals surface area contributed by atoms with E-state index in [1.54, 1.807) is 0 Å². The van der Waals surface area contributed by atoms with E-state index in [9.17, 15) is 4.55 Å². The second-order valence-electron chi connectivity index (χ2n) is 6.61. The van der Waals surface area contributed by atoms with E-state index in [4.69, 9.17) is 5.73 Å². The lowest BCUT2D eigenvalue weighted by atomic mass is 10.0. The summed E-state index contributed by atoms with van der Waals surface area (Å²) in [7, 11) is 1.23. The Bertz CT molecular complexity index is 955. The lowest BCUT2D eigenvalue weighted by Gasteiger charge is -2.14. The van der Waals surface area contributed by atoms with Crippen LogP contribution in [-0.4, -0.2) is 19.4 Å². The van der Waals surface area contributed by atoms with Gasteiger partial charge in [0, 0.05) is 25.0 Å². The quantitative estimate of drug-likeness (QED) is 0.512. The fourth-order valence-electron chi connectivity index (χ4n) is 3.45. The van der Waals surface area contributed by atoms with E-state index < -0.39 is 10.8 Å². The molecular formula is C20H27N3OS. The van der Waals surface area contributed by atoms with Crippen molar-refractivity contribution < 1.29 is 4.55 Å². The topological polar surface area (TPSA) is 56.1 Å². The van der Waals surface area contributed by atoms with Gasteiger partial charge in [0.25, 0.3) is 0 Å². The second kappa shape index (κ2) is 7.50. The first-order valence-corrected chi connectivity index (χ1v) is 10.1. The van der Waals surface area contributed by atoms with Gasteiger partial charge in [-0.25, -0.2) is 0 Å². The maximum Gasteiger partial charge on any atom is 0.164 e. The maximum absolute atomic E-state index is 11.0. The fraction of sp³-hybridized carbons (Fsp3) is 0.350. The summed E-state index contributed by atoms with van der Waals surface area (Å²) in [5, 5.41) is 0. The molecule has 4 nitrogen and oxygen atoms in total. The molecule has 2 unspecified atom stereocenters. The number of aromatic nitrogens is 2. The molecule has 0 aliphatic rings. The van der Waals surface area contributed by atoms with Gasteiger partial charge in [0.05, 0.1) is 11.0 Å². The van der Waals surface area contributed by atoms with Crippen molar-refractivity contribution in [2.75, 3.05) is 11.5 Å². The molecule has 0 saturated carbocycles. The number of para-hydroxylation sites is 3. The number of hydrogen-bond acceptors (Lipinski definition) is 2. The van der Waals surface area contributed by atoms with Crippen LogP contribution in [0, 0.1) is 10.7 Å². The van der Waals surface area contributed by atoms with Crippen LogP contribution in [0.15, 0.2) is 48.5 Å². The molecule has 1 heterocycles. The third-order valence-corrected chi connectivity index (χ3v) is 6.45. The van der Waals surface area contributed by atoms with E-state index >= 15 is 0 Å². The highest BCUT2D eigenvalue weighted by Crippen LogP contribution is 2.26. The van der Waals surface area contributed by atoms with E-state index in [1.165, 1.54) is 5.52 Å². The number of anilines is 1. The largest absolute Gasteiger partial charge is 0.399 e. The molecule has 0 fully saturated rings. The Kier molecular flexibility index (Phi) is 5.35. The third kappa shape index (κ3) is 3.53. The zero-order valence-electron chi connectivity index (χ0n) is 15.1. The molecule has 0 spiro atoms. The van der Waals surface area contributed by atoms with Gasteiger partial charge in [-0.1, -0.05) is 37.3 Å². The van der Waals surface area contributed by atoms with Crippen molar-refractivity contribution in [3.05, 3.63) is 58.9 Å². The number of hydrogen-bond donors (Lipinski definition) is 2. The summed E-state index contributed by atoms with van der Waals surface area (Å²) in [6.45, 7) is 5.16. The zero-order chi connectivity index (χ0) is 18.0. The van der Waals surface area contributed by atoms with Gasteiger partial charge in [-0.3, -0.25) is 0 Å². The molecule has 0 bridgehead atoms. The van der Waals surface area contributed by atoms with E-state index in [-0.39, 0.29) is 0 Å². The molecule has 2 aromatic carbocycles. The van der Waals surface area contributed by atoms with Gasteiger partial charge in [0.1, 0.15) is 0 Å². The summed E-state index contributed by atoms with van der Waals surface area (Å²) in [5.74, 6) is 1.08. The second-order valence-corrected chi connectivity index (χ2v) is 8.04. The molecule has 25 heavy (non-hydrogen) atoms. The Labute approximate surface area is 151 Å². The van der Waals surface area contributed by atoms with E-state index in [0.29, 0.717) is 5.92 Å². The summed E-state index contributed by atoms with van der Waals surface area (Å²) in [4.78, 5) is 0. The van der Waals surface area contributed by atoms with Crippen LogP contribution in [-0.2, 0) is 20.0 Å². The highest BCUT2D eigenvalue weighted by Gasteiger charge is 2.12. The summed E-state index contributed by atoms with van der Waals surface area (Å²) in [6.07, 6.45) is 0.882. The Hall–Kier alpha value is -1.98. The van der Waals surface area contributed by atoms with Crippen LogP contribution in [0.5, 0.6) is 0 Å². The van der Waals surface area contributed by atoms with Crippen LogP contribution in [0.25, 0.3) is 11.0 Å². The number of fused-ring (bicyclic) bond motifs is 1. The average molecular weight is 358 g/mol. The number of rotatable bonds is 5. The molecule has 134 valence electrons. The van der Waals surface area contributed by atoms with Crippen molar-refractivity contribution in [1.82, 2.24) is 9.13 Å².